The zero-order chi connectivity index (χ0) is 14.0. The predicted octanol–water partition coefficient (Wildman–Crippen LogP) is 2.16. The molecular formula is C14H14N4O. The SMILES string of the molecule is Cc1ccc(C(=O)Nc2nn(C)cc2C#N)cc1C. The van der Waals surface area contributed by atoms with Crippen LogP contribution in [0.3, 0.4) is 0 Å². The van der Waals surface area contributed by atoms with Gasteiger partial charge in [-0.2, -0.15) is 10.4 Å². The van der Waals surface area contributed by atoms with Crippen LogP contribution in [-0.4, -0.2) is 15.7 Å². The summed E-state index contributed by atoms with van der Waals surface area (Å²) in [4.78, 5) is 12.1. The number of hydrogen-bond acceptors (Lipinski definition) is 3. The minimum atomic E-state index is -0.265. The topological polar surface area (TPSA) is 70.7 Å². The Morgan fingerprint density at radius 1 is 1.37 bits per heavy atom. The number of hydrogen-bond donors (Lipinski definition) is 1. The van der Waals surface area contributed by atoms with Gasteiger partial charge in [0.2, 0.25) is 0 Å². The van der Waals surface area contributed by atoms with E-state index in [-0.39, 0.29) is 11.7 Å². The van der Waals surface area contributed by atoms with Crippen LogP contribution in [0, 0.1) is 25.2 Å². The minimum absolute atomic E-state index is 0.265. The van der Waals surface area contributed by atoms with Crippen molar-refractivity contribution < 1.29 is 4.79 Å². The van der Waals surface area contributed by atoms with Crippen LogP contribution in [0.2, 0.25) is 0 Å². The number of rotatable bonds is 2. The highest BCUT2D eigenvalue weighted by atomic mass is 16.1. The molecule has 19 heavy (non-hydrogen) atoms. The van der Waals surface area contributed by atoms with Gasteiger partial charge in [0.1, 0.15) is 11.6 Å². The van der Waals surface area contributed by atoms with Gasteiger partial charge in [-0.25, -0.2) is 0 Å². The number of carbonyl (C=O) groups excluding carboxylic acids is 1. The molecule has 1 aromatic heterocycles. The third-order valence-corrected chi connectivity index (χ3v) is 2.95. The lowest BCUT2D eigenvalue weighted by atomic mass is 10.1. The van der Waals surface area contributed by atoms with Gasteiger partial charge in [0, 0.05) is 18.8 Å². The maximum absolute atomic E-state index is 12.1. The van der Waals surface area contributed by atoms with Crippen molar-refractivity contribution in [1.82, 2.24) is 9.78 Å². The molecule has 1 amide bonds. The summed E-state index contributed by atoms with van der Waals surface area (Å²) in [6, 6.07) is 7.47. The summed E-state index contributed by atoms with van der Waals surface area (Å²) < 4.78 is 1.49. The molecule has 0 bridgehead atoms. The standard InChI is InChI=1S/C14H14N4O/c1-9-4-5-11(6-10(9)2)14(19)16-13-12(7-15)8-18(3)17-13/h4-6,8H,1-3H3,(H,16,17,19). The lowest BCUT2D eigenvalue weighted by Gasteiger charge is -2.05. The van der Waals surface area contributed by atoms with E-state index < -0.39 is 0 Å². The van der Waals surface area contributed by atoms with Gasteiger partial charge in [-0.05, 0) is 37.1 Å². The van der Waals surface area contributed by atoms with Crippen LogP contribution >= 0.6 is 0 Å². The molecule has 2 rings (SSSR count). The van der Waals surface area contributed by atoms with Crippen molar-refractivity contribution in [2.45, 2.75) is 13.8 Å². The van der Waals surface area contributed by atoms with Gasteiger partial charge in [0.05, 0.1) is 0 Å². The second-order valence-electron chi connectivity index (χ2n) is 4.43. The molecule has 0 radical (unpaired) electrons. The summed E-state index contributed by atoms with van der Waals surface area (Å²) in [6.45, 7) is 3.94. The average Bonchev–Trinajstić information content (AvgIpc) is 2.72. The summed E-state index contributed by atoms with van der Waals surface area (Å²) in [5.41, 5.74) is 3.08. The van der Waals surface area contributed by atoms with Crippen LogP contribution in [0.4, 0.5) is 5.82 Å². The van der Waals surface area contributed by atoms with E-state index in [1.807, 2.05) is 32.0 Å². The molecule has 1 aromatic carbocycles. The van der Waals surface area contributed by atoms with Crippen LogP contribution < -0.4 is 5.32 Å². The molecule has 0 aliphatic carbocycles. The second-order valence-corrected chi connectivity index (χ2v) is 4.43. The van der Waals surface area contributed by atoms with Crippen molar-refractivity contribution in [2.75, 3.05) is 5.32 Å². The number of aromatic nitrogens is 2. The normalized spacial score (nSPS) is 10.0. The van der Waals surface area contributed by atoms with Gasteiger partial charge in [0.15, 0.2) is 5.82 Å². The van der Waals surface area contributed by atoms with Crippen molar-refractivity contribution in [3.8, 4) is 6.07 Å². The van der Waals surface area contributed by atoms with E-state index >= 15 is 0 Å². The van der Waals surface area contributed by atoms with Gasteiger partial charge in [-0.1, -0.05) is 6.07 Å². The number of amides is 1. The van der Waals surface area contributed by atoms with Crippen molar-refractivity contribution in [1.29, 1.82) is 5.26 Å². The number of anilines is 1. The molecule has 0 atom stereocenters. The van der Waals surface area contributed by atoms with Crippen LogP contribution in [0.15, 0.2) is 24.4 Å². The fourth-order valence-electron chi connectivity index (χ4n) is 1.72. The Bertz CT molecular complexity index is 679. The van der Waals surface area contributed by atoms with Crippen molar-refractivity contribution in [3.63, 3.8) is 0 Å². The number of carbonyl (C=O) groups is 1. The van der Waals surface area contributed by atoms with E-state index in [1.165, 1.54) is 4.68 Å². The number of aryl methyl sites for hydroxylation is 3. The van der Waals surface area contributed by atoms with E-state index in [4.69, 9.17) is 5.26 Å². The molecule has 0 saturated heterocycles. The number of nitrogens with zero attached hydrogens (tertiary/aromatic N) is 3. The van der Waals surface area contributed by atoms with Gasteiger partial charge < -0.3 is 5.32 Å². The number of nitriles is 1. The molecule has 0 spiro atoms. The second kappa shape index (κ2) is 4.94. The molecule has 96 valence electrons. The molecular weight excluding hydrogens is 240 g/mol. The fraction of sp³-hybridized carbons (Fsp3) is 0.214. The van der Waals surface area contributed by atoms with Gasteiger partial charge in [-0.3, -0.25) is 9.48 Å². The van der Waals surface area contributed by atoms with Gasteiger partial charge >= 0.3 is 0 Å². The van der Waals surface area contributed by atoms with E-state index in [9.17, 15) is 4.79 Å². The summed E-state index contributed by atoms with van der Waals surface area (Å²) in [6.07, 6.45) is 1.57. The van der Waals surface area contributed by atoms with E-state index in [0.29, 0.717) is 11.1 Å². The van der Waals surface area contributed by atoms with Crippen LogP contribution in [-0.2, 0) is 7.05 Å². The quantitative estimate of drug-likeness (QED) is 0.892. The molecule has 0 fully saturated rings. The number of nitrogens with one attached hydrogen (secondary N) is 1. The highest BCUT2D eigenvalue weighted by molar-refractivity contribution is 6.04. The first-order chi connectivity index (χ1) is 9.01. The highest BCUT2D eigenvalue weighted by Gasteiger charge is 2.12. The zero-order valence-electron chi connectivity index (χ0n) is 11.1. The van der Waals surface area contributed by atoms with E-state index in [2.05, 4.69) is 10.4 Å². The summed E-state index contributed by atoms with van der Waals surface area (Å²) in [5, 5.41) is 15.6. The van der Waals surface area contributed by atoms with Crippen molar-refractivity contribution in [3.05, 3.63) is 46.6 Å². The Morgan fingerprint density at radius 3 is 2.74 bits per heavy atom. The summed E-state index contributed by atoms with van der Waals surface area (Å²) >= 11 is 0. The molecule has 1 heterocycles. The van der Waals surface area contributed by atoms with Crippen molar-refractivity contribution in [2.24, 2.45) is 7.05 Å². The van der Waals surface area contributed by atoms with Crippen molar-refractivity contribution >= 4 is 11.7 Å². The first-order valence-electron chi connectivity index (χ1n) is 5.83. The van der Waals surface area contributed by atoms with Gasteiger partial charge in [0.25, 0.3) is 5.91 Å². The smallest absolute Gasteiger partial charge is 0.256 e. The van der Waals surface area contributed by atoms with Gasteiger partial charge in [-0.15, -0.1) is 0 Å². The number of benzene rings is 1. The molecule has 2 aromatic rings. The van der Waals surface area contributed by atoms with E-state index in [1.54, 1.807) is 19.3 Å². The maximum atomic E-state index is 12.1. The van der Waals surface area contributed by atoms with E-state index in [0.717, 1.165) is 11.1 Å². The molecule has 0 aliphatic rings. The molecule has 0 unspecified atom stereocenters. The minimum Gasteiger partial charge on any atom is -0.304 e. The Kier molecular flexibility index (Phi) is 3.34. The van der Waals surface area contributed by atoms with Crippen LogP contribution in [0.1, 0.15) is 27.0 Å². The monoisotopic (exact) mass is 254 g/mol. The molecule has 5 nitrogen and oxygen atoms in total. The fourth-order valence-corrected chi connectivity index (χ4v) is 1.72. The summed E-state index contributed by atoms with van der Waals surface area (Å²) in [7, 11) is 1.70. The highest BCUT2D eigenvalue weighted by Crippen LogP contribution is 2.14. The average molecular weight is 254 g/mol. The lowest BCUT2D eigenvalue weighted by molar-refractivity contribution is 0.102. The molecule has 1 N–H and O–H groups in total. The Morgan fingerprint density at radius 2 is 2.11 bits per heavy atom. The lowest BCUT2D eigenvalue weighted by Crippen LogP contribution is -2.13. The zero-order valence-corrected chi connectivity index (χ0v) is 11.1. The Balaban J connectivity index is 2.26. The van der Waals surface area contributed by atoms with Crippen LogP contribution in [0.25, 0.3) is 0 Å². The predicted molar refractivity (Wildman–Crippen MR) is 71.8 cm³/mol. The Labute approximate surface area is 111 Å². The summed E-state index contributed by atoms with van der Waals surface area (Å²) in [5.74, 6) is 0.0199. The third kappa shape index (κ3) is 2.63. The third-order valence-electron chi connectivity index (χ3n) is 2.95. The van der Waals surface area contributed by atoms with Crippen LogP contribution in [0.5, 0.6) is 0 Å². The first-order valence-corrected chi connectivity index (χ1v) is 5.83. The molecule has 5 heteroatoms. The molecule has 0 aliphatic heterocycles. The first kappa shape index (κ1) is 12.8. The maximum Gasteiger partial charge on any atom is 0.256 e. The molecule has 0 saturated carbocycles. The largest absolute Gasteiger partial charge is 0.304 e. The Hall–Kier alpha value is -2.61.